The highest BCUT2D eigenvalue weighted by atomic mass is 16.1. The van der Waals surface area contributed by atoms with Gasteiger partial charge in [-0.3, -0.25) is 4.79 Å². The fourth-order valence-electron chi connectivity index (χ4n) is 0.630. The molecule has 0 bridgehead atoms. The first-order chi connectivity index (χ1) is 4.66. The van der Waals surface area contributed by atoms with Gasteiger partial charge in [-0.25, -0.2) is 0 Å². The van der Waals surface area contributed by atoms with Crippen molar-refractivity contribution in [2.75, 3.05) is 13.6 Å². The van der Waals surface area contributed by atoms with Gasteiger partial charge in [0.05, 0.1) is 0 Å². The predicted octanol–water partition coefficient (Wildman–Crippen LogP) is 0.444. The van der Waals surface area contributed by atoms with E-state index in [1.54, 1.807) is 14.0 Å². The average Bonchev–Trinajstić information content (AvgIpc) is 1.87. The van der Waals surface area contributed by atoms with E-state index < -0.39 is 0 Å². The summed E-state index contributed by atoms with van der Waals surface area (Å²) >= 11 is 0. The molecule has 0 fully saturated rings. The van der Waals surface area contributed by atoms with Crippen molar-refractivity contribution in [3.63, 3.8) is 0 Å². The van der Waals surface area contributed by atoms with Gasteiger partial charge < -0.3 is 9.69 Å². The van der Waals surface area contributed by atoms with Crippen molar-refractivity contribution in [2.24, 2.45) is 0 Å². The monoisotopic (exact) mass is 143 g/mol. The molecule has 0 aromatic heterocycles. The van der Waals surface area contributed by atoms with Crippen LogP contribution in [0.3, 0.4) is 0 Å². The smallest absolute Gasteiger partial charge is 0.209 e. The summed E-state index contributed by atoms with van der Waals surface area (Å²) in [4.78, 5) is 22.0. The summed E-state index contributed by atoms with van der Waals surface area (Å²) in [6.07, 6.45) is 2.10. The molecule has 0 unspecified atom stereocenters. The molecule has 0 saturated carbocycles. The van der Waals surface area contributed by atoms with E-state index in [1.807, 2.05) is 0 Å². The minimum Gasteiger partial charge on any atom is -0.348 e. The second kappa shape index (κ2) is 4.97. The zero-order valence-electron chi connectivity index (χ0n) is 6.46. The highest BCUT2D eigenvalue weighted by Crippen LogP contribution is 1.90. The number of carbonyl (C=O) groups is 2. The Bertz CT molecular complexity index is 123. The largest absolute Gasteiger partial charge is 0.348 e. The molecule has 0 radical (unpaired) electrons. The molecular formula is C7H13NO2. The Morgan fingerprint density at radius 1 is 1.60 bits per heavy atom. The van der Waals surface area contributed by atoms with Crippen LogP contribution in [-0.2, 0) is 9.59 Å². The molecule has 3 heteroatoms. The number of nitrogens with zero attached hydrogens (tertiary/aromatic N) is 1. The van der Waals surface area contributed by atoms with Crippen LogP contribution in [0, 0.1) is 0 Å². The Labute approximate surface area is 61.0 Å². The van der Waals surface area contributed by atoms with Crippen LogP contribution in [0.25, 0.3) is 0 Å². The van der Waals surface area contributed by atoms with Crippen molar-refractivity contribution in [3.8, 4) is 0 Å². The summed E-state index contributed by atoms with van der Waals surface area (Å²) in [5.41, 5.74) is 0. The molecule has 0 saturated heterocycles. The molecule has 0 heterocycles. The van der Waals surface area contributed by atoms with E-state index in [9.17, 15) is 9.59 Å². The number of Topliss-reactive ketones (excluding diaryl/α,β-unsaturated/α-hetero) is 1. The molecule has 1 amide bonds. The normalized spacial score (nSPS) is 9.00. The van der Waals surface area contributed by atoms with Crippen LogP contribution in [0.15, 0.2) is 0 Å². The Balaban J connectivity index is 3.19. The maximum absolute atomic E-state index is 10.4. The molecule has 58 valence electrons. The van der Waals surface area contributed by atoms with Crippen LogP contribution < -0.4 is 0 Å². The van der Waals surface area contributed by atoms with Gasteiger partial charge in [0.15, 0.2) is 0 Å². The zero-order valence-corrected chi connectivity index (χ0v) is 6.46. The number of amides is 1. The molecule has 0 aliphatic heterocycles. The van der Waals surface area contributed by atoms with Gasteiger partial charge in [0.1, 0.15) is 5.78 Å². The van der Waals surface area contributed by atoms with Crippen LogP contribution in [0.5, 0.6) is 0 Å². The van der Waals surface area contributed by atoms with Gasteiger partial charge in [-0.1, -0.05) is 0 Å². The lowest BCUT2D eigenvalue weighted by atomic mass is 10.2. The van der Waals surface area contributed by atoms with E-state index in [2.05, 4.69) is 0 Å². The van der Waals surface area contributed by atoms with E-state index in [0.717, 1.165) is 12.8 Å². The number of rotatable bonds is 5. The second-order valence-electron chi connectivity index (χ2n) is 2.39. The maximum Gasteiger partial charge on any atom is 0.209 e. The van der Waals surface area contributed by atoms with Gasteiger partial charge in [0.2, 0.25) is 6.41 Å². The molecule has 3 nitrogen and oxygen atoms in total. The summed E-state index contributed by atoms with van der Waals surface area (Å²) < 4.78 is 0. The van der Waals surface area contributed by atoms with Gasteiger partial charge >= 0.3 is 0 Å². The molecule has 0 rings (SSSR count). The minimum atomic E-state index is 0.180. The lowest BCUT2D eigenvalue weighted by Gasteiger charge is -2.07. The fraction of sp³-hybridized carbons (Fsp3) is 0.714. The van der Waals surface area contributed by atoms with E-state index in [-0.39, 0.29) is 5.78 Å². The van der Waals surface area contributed by atoms with Crippen LogP contribution in [0.2, 0.25) is 0 Å². The summed E-state index contributed by atoms with van der Waals surface area (Å²) in [7, 11) is 1.70. The van der Waals surface area contributed by atoms with Crippen molar-refractivity contribution < 1.29 is 9.59 Å². The summed E-state index contributed by atoms with van der Waals surface area (Å²) in [5, 5.41) is 0. The SMILES string of the molecule is CC(=O)CCCN(C)C=O. The third kappa shape index (κ3) is 5.28. The van der Waals surface area contributed by atoms with Crippen LogP contribution in [-0.4, -0.2) is 30.7 Å². The molecule has 10 heavy (non-hydrogen) atoms. The Kier molecular flexibility index (Phi) is 4.54. The molecule has 0 aliphatic rings. The van der Waals surface area contributed by atoms with Crippen molar-refractivity contribution >= 4 is 12.2 Å². The Morgan fingerprint density at radius 2 is 2.20 bits per heavy atom. The van der Waals surface area contributed by atoms with Crippen molar-refractivity contribution in [1.29, 1.82) is 0 Å². The first-order valence-electron chi connectivity index (χ1n) is 3.32. The third-order valence-corrected chi connectivity index (χ3v) is 1.22. The van der Waals surface area contributed by atoms with Crippen molar-refractivity contribution in [1.82, 2.24) is 4.90 Å². The first kappa shape index (κ1) is 9.14. The van der Waals surface area contributed by atoms with Crippen LogP contribution >= 0.6 is 0 Å². The zero-order chi connectivity index (χ0) is 7.98. The second-order valence-corrected chi connectivity index (χ2v) is 2.39. The maximum atomic E-state index is 10.4. The molecule has 0 aromatic carbocycles. The van der Waals surface area contributed by atoms with Gasteiger partial charge in [-0.2, -0.15) is 0 Å². The lowest BCUT2D eigenvalue weighted by Crippen LogP contribution is -2.17. The highest BCUT2D eigenvalue weighted by molar-refractivity contribution is 5.75. The Hall–Kier alpha value is -0.860. The van der Waals surface area contributed by atoms with Crippen LogP contribution in [0.1, 0.15) is 19.8 Å². The van der Waals surface area contributed by atoms with Crippen LogP contribution in [0.4, 0.5) is 0 Å². The average molecular weight is 143 g/mol. The lowest BCUT2D eigenvalue weighted by molar-refractivity contribution is -0.119. The number of carbonyl (C=O) groups excluding carboxylic acids is 2. The van der Waals surface area contributed by atoms with Crippen molar-refractivity contribution in [2.45, 2.75) is 19.8 Å². The van der Waals surface area contributed by atoms with Gasteiger partial charge in [0, 0.05) is 20.0 Å². The molecule has 0 N–H and O–H groups in total. The quantitative estimate of drug-likeness (QED) is 0.524. The molecule has 0 spiro atoms. The number of ketones is 1. The minimum absolute atomic E-state index is 0.180. The Morgan fingerprint density at radius 3 is 2.60 bits per heavy atom. The standard InChI is InChI=1S/C7H13NO2/c1-7(10)4-3-5-8(2)6-9/h6H,3-5H2,1-2H3. The first-order valence-corrected chi connectivity index (χ1v) is 3.32. The topological polar surface area (TPSA) is 37.4 Å². The summed E-state index contributed by atoms with van der Waals surface area (Å²) in [6, 6.07) is 0. The number of hydrogen-bond donors (Lipinski definition) is 0. The van der Waals surface area contributed by atoms with E-state index in [0.29, 0.717) is 13.0 Å². The number of hydrogen-bond acceptors (Lipinski definition) is 2. The predicted molar refractivity (Wildman–Crippen MR) is 38.6 cm³/mol. The van der Waals surface area contributed by atoms with Gasteiger partial charge in [-0.05, 0) is 13.3 Å². The van der Waals surface area contributed by atoms with Gasteiger partial charge in [0.25, 0.3) is 0 Å². The van der Waals surface area contributed by atoms with E-state index >= 15 is 0 Å². The molecule has 0 aromatic rings. The van der Waals surface area contributed by atoms with Gasteiger partial charge in [-0.15, -0.1) is 0 Å². The summed E-state index contributed by atoms with van der Waals surface area (Å²) in [6.45, 7) is 2.23. The van der Waals surface area contributed by atoms with Crippen molar-refractivity contribution in [3.05, 3.63) is 0 Å². The van der Waals surface area contributed by atoms with E-state index in [1.165, 1.54) is 4.90 Å². The third-order valence-electron chi connectivity index (χ3n) is 1.22. The fourth-order valence-corrected chi connectivity index (χ4v) is 0.630. The molecular weight excluding hydrogens is 130 g/mol. The molecule has 0 atom stereocenters. The summed E-state index contributed by atoms with van der Waals surface area (Å²) in [5.74, 6) is 0.180. The molecule has 0 aliphatic carbocycles. The van der Waals surface area contributed by atoms with E-state index in [4.69, 9.17) is 0 Å². The highest BCUT2D eigenvalue weighted by Gasteiger charge is 1.95.